The van der Waals surface area contributed by atoms with Crippen LogP contribution in [0.4, 0.5) is 5.69 Å². The summed E-state index contributed by atoms with van der Waals surface area (Å²) in [6.07, 6.45) is 1.59. The Labute approximate surface area is 173 Å². The normalized spacial score (nSPS) is 12.9. The van der Waals surface area contributed by atoms with E-state index in [4.69, 9.17) is 11.6 Å². The second-order valence-electron chi connectivity index (χ2n) is 6.36. The minimum absolute atomic E-state index is 0.285. The minimum atomic E-state index is -2.38. The molecule has 0 aliphatic rings. The van der Waals surface area contributed by atoms with E-state index in [0.29, 0.717) is 10.9 Å². The van der Waals surface area contributed by atoms with Crippen molar-refractivity contribution in [2.24, 2.45) is 4.99 Å². The average molecular weight is 425 g/mol. The Balaban J connectivity index is 2.09. The van der Waals surface area contributed by atoms with E-state index in [-0.39, 0.29) is 6.54 Å². The molecule has 1 unspecified atom stereocenters. The number of nitrogens with zero attached hydrogens (tertiary/aromatic N) is 3. The van der Waals surface area contributed by atoms with Crippen molar-refractivity contribution in [2.45, 2.75) is 33.2 Å². The Bertz CT molecular complexity index is 830. The van der Waals surface area contributed by atoms with Crippen LogP contribution in [0.25, 0.3) is 0 Å². The summed E-state index contributed by atoms with van der Waals surface area (Å²) in [6, 6.07) is 13.3. The lowest BCUT2D eigenvalue weighted by Gasteiger charge is -2.27. The maximum Gasteiger partial charge on any atom is 0.102 e. The first-order valence-corrected chi connectivity index (χ1v) is 10.6. The molecule has 8 heteroatoms. The van der Waals surface area contributed by atoms with E-state index in [1.807, 2.05) is 43.3 Å². The van der Waals surface area contributed by atoms with Gasteiger partial charge >= 0.3 is 0 Å². The van der Waals surface area contributed by atoms with Crippen LogP contribution >= 0.6 is 23.7 Å². The van der Waals surface area contributed by atoms with E-state index in [2.05, 4.69) is 18.8 Å². The van der Waals surface area contributed by atoms with E-state index in [1.54, 1.807) is 23.8 Å². The molecule has 27 heavy (non-hydrogen) atoms. The Morgan fingerprint density at radius 1 is 1.30 bits per heavy atom. The summed E-state index contributed by atoms with van der Waals surface area (Å²) in [5, 5.41) is 0.658. The zero-order valence-electron chi connectivity index (χ0n) is 15.8. The molecule has 0 aliphatic carbocycles. The van der Waals surface area contributed by atoms with Crippen LogP contribution in [0.1, 0.15) is 36.5 Å². The molecule has 0 saturated carbocycles. The van der Waals surface area contributed by atoms with Gasteiger partial charge in [-0.05, 0) is 47.7 Å². The Kier molecular flexibility index (Phi) is 8.31. The third kappa shape index (κ3) is 6.62. The molecule has 2 aromatic rings. The van der Waals surface area contributed by atoms with Crippen LogP contribution in [0.2, 0.25) is 5.02 Å². The van der Waals surface area contributed by atoms with Gasteiger partial charge in [0.2, 0.25) is 0 Å². The maximum atomic E-state index is 11.7. The van der Waals surface area contributed by atoms with Crippen molar-refractivity contribution in [1.29, 1.82) is 0 Å². The zero-order valence-corrected chi connectivity index (χ0v) is 18.1. The zero-order chi connectivity index (χ0) is 20.0. The third-order valence-corrected chi connectivity index (χ3v) is 5.81. The Hall–Kier alpha value is -1.38. The summed E-state index contributed by atoms with van der Waals surface area (Å²) in [5.74, 6) is 0.320. The predicted octanol–water partition coefficient (Wildman–Crippen LogP) is 5.22. The molecular formula is C19H23ClN3O2S2-. The molecule has 5 nitrogen and oxygen atoms in total. The van der Waals surface area contributed by atoms with E-state index in [1.165, 1.54) is 3.71 Å². The van der Waals surface area contributed by atoms with Crippen LogP contribution in [0, 0.1) is 6.92 Å². The van der Waals surface area contributed by atoms with Crippen molar-refractivity contribution in [1.82, 2.24) is 8.02 Å². The van der Waals surface area contributed by atoms with E-state index < -0.39 is 11.3 Å². The largest absolute Gasteiger partial charge is 0.759 e. The molecule has 0 radical (unpaired) electrons. The summed E-state index contributed by atoms with van der Waals surface area (Å²) >= 11 is 4.65. The van der Waals surface area contributed by atoms with Crippen LogP contribution < -0.4 is 0 Å². The quantitative estimate of drug-likeness (QED) is 0.252. The molecule has 0 fully saturated rings. The Morgan fingerprint density at radius 3 is 2.63 bits per heavy atom. The van der Waals surface area contributed by atoms with Gasteiger partial charge in [0.25, 0.3) is 0 Å². The monoisotopic (exact) mass is 424 g/mol. The van der Waals surface area contributed by atoms with Crippen molar-refractivity contribution < 1.29 is 8.76 Å². The fourth-order valence-corrected chi connectivity index (χ4v) is 4.14. The lowest BCUT2D eigenvalue weighted by atomic mass is 9.97. The number of aryl methyl sites for hydroxylation is 1. The summed E-state index contributed by atoms with van der Waals surface area (Å²) in [4.78, 5) is 4.41. The van der Waals surface area contributed by atoms with Gasteiger partial charge in [-0.3, -0.25) is 8.51 Å². The van der Waals surface area contributed by atoms with Gasteiger partial charge in [0, 0.05) is 29.9 Å². The molecule has 0 aromatic heterocycles. The number of halogens is 1. The van der Waals surface area contributed by atoms with Gasteiger partial charge in [0.05, 0.1) is 17.8 Å². The molecule has 0 spiro atoms. The molecule has 146 valence electrons. The standard InChI is InChI=1S/C19H24ClN3O2S2/c1-14(2)18-8-6-5-7-16(18)12-23(27(24)25)26-22(4)13-21-19-10-9-17(20)11-15(19)3/h5-11,13-14H,12H2,1-4H3,(H,24,25)/p-1. The van der Waals surface area contributed by atoms with Gasteiger partial charge in [-0.1, -0.05) is 49.7 Å². The van der Waals surface area contributed by atoms with Crippen molar-refractivity contribution in [3.05, 3.63) is 64.2 Å². The maximum absolute atomic E-state index is 11.7. The number of benzene rings is 2. The number of rotatable bonds is 8. The molecular weight excluding hydrogens is 402 g/mol. The minimum Gasteiger partial charge on any atom is -0.759 e. The predicted molar refractivity (Wildman–Crippen MR) is 115 cm³/mol. The lowest BCUT2D eigenvalue weighted by molar-refractivity contribution is 0.483. The second kappa shape index (κ2) is 10.2. The van der Waals surface area contributed by atoms with Crippen molar-refractivity contribution in [3.8, 4) is 0 Å². The van der Waals surface area contributed by atoms with Crippen molar-refractivity contribution in [3.63, 3.8) is 0 Å². The fourth-order valence-electron chi connectivity index (χ4n) is 2.56. The van der Waals surface area contributed by atoms with Crippen molar-refractivity contribution >= 4 is 47.0 Å². The van der Waals surface area contributed by atoms with E-state index in [0.717, 1.165) is 34.5 Å². The Morgan fingerprint density at radius 2 is 2.00 bits per heavy atom. The topological polar surface area (TPSA) is 59.0 Å². The highest BCUT2D eigenvalue weighted by Crippen LogP contribution is 2.26. The highest BCUT2D eigenvalue weighted by Gasteiger charge is 2.14. The first kappa shape index (κ1) is 21.9. The highest BCUT2D eigenvalue weighted by atomic mass is 35.5. The van der Waals surface area contributed by atoms with Gasteiger partial charge in [0.1, 0.15) is 6.34 Å². The van der Waals surface area contributed by atoms with Crippen LogP contribution in [0.3, 0.4) is 0 Å². The molecule has 0 N–H and O–H groups in total. The van der Waals surface area contributed by atoms with Crippen molar-refractivity contribution in [2.75, 3.05) is 7.05 Å². The van der Waals surface area contributed by atoms with Gasteiger partial charge in [-0.2, -0.15) is 3.71 Å². The van der Waals surface area contributed by atoms with Gasteiger partial charge in [-0.25, -0.2) is 4.99 Å². The molecule has 2 aromatic carbocycles. The van der Waals surface area contributed by atoms with Gasteiger partial charge in [-0.15, -0.1) is 0 Å². The molecule has 0 saturated heterocycles. The van der Waals surface area contributed by atoms with Crippen LogP contribution in [0.5, 0.6) is 0 Å². The summed E-state index contributed by atoms with van der Waals surface area (Å²) in [5.41, 5.74) is 3.86. The number of hydrogen-bond acceptors (Lipinski definition) is 4. The SMILES string of the molecule is Cc1cc(Cl)ccc1N=CN(C)SN(Cc1ccccc1C(C)C)S(=O)[O-]. The summed E-state index contributed by atoms with van der Waals surface area (Å²) in [6.45, 7) is 6.40. The third-order valence-electron chi connectivity index (χ3n) is 3.88. The molecule has 0 heterocycles. The number of aliphatic imine (C=N–C) groups is 1. The van der Waals surface area contributed by atoms with Gasteiger partial charge < -0.3 is 4.55 Å². The first-order chi connectivity index (χ1) is 12.8. The van der Waals surface area contributed by atoms with E-state index in [9.17, 15) is 8.76 Å². The lowest BCUT2D eigenvalue weighted by Crippen LogP contribution is -2.24. The second-order valence-corrected chi connectivity index (χ2v) is 9.09. The molecule has 2 rings (SSSR count). The smallest absolute Gasteiger partial charge is 0.102 e. The summed E-state index contributed by atoms with van der Waals surface area (Å²) < 4.78 is 26.4. The number of hydrogen-bond donors (Lipinski definition) is 0. The fraction of sp³-hybridized carbons (Fsp3) is 0.316. The van der Waals surface area contributed by atoms with Crippen LogP contribution in [0.15, 0.2) is 47.5 Å². The molecule has 0 amide bonds. The first-order valence-electron chi connectivity index (χ1n) is 8.44. The molecule has 0 bridgehead atoms. The molecule has 1 atom stereocenters. The van der Waals surface area contributed by atoms with Crippen LogP contribution in [-0.2, 0) is 17.8 Å². The highest BCUT2D eigenvalue weighted by molar-refractivity contribution is 8.03. The van der Waals surface area contributed by atoms with Crippen LogP contribution in [-0.4, -0.2) is 30.2 Å². The average Bonchev–Trinajstić information content (AvgIpc) is 2.60. The van der Waals surface area contributed by atoms with Gasteiger partial charge in [0.15, 0.2) is 0 Å². The molecule has 0 aliphatic heterocycles. The summed E-state index contributed by atoms with van der Waals surface area (Å²) in [7, 11) is 1.76. The van der Waals surface area contributed by atoms with E-state index >= 15 is 0 Å².